The average molecular weight is 321 g/mol. The topological polar surface area (TPSA) is 26.3 Å². The van der Waals surface area contributed by atoms with Crippen molar-refractivity contribution in [3.05, 3.63) is 0 Å². The Morgan fingerprint density at radius 2 is 1.73 bits per heavy atom. The number of carbonyl (C=O) groups is 1. The Bertz CT molecular complexity index is 149. The van der Waals surface area contributed by atoms with Crippen LogP contribution in [0.5, 0.6) is 0 Å². The zero-order valence-electron chi connectivity index (χ0n) is 10.6. The molecule has 90 valence electrons. The monoisotopic (exact) mass is 322 g/mol. The zero-order chi connectivity index (χ0) is 10.8. The molecular formula is C12H26O2Sn. The van der Waals surface area contributed by atoms with Gasteiger partial charge >= 0.3 is 29.9 Å². The van der Waals surface area contributed by atoms with Gasteiger partial charge in [-0.2, -0.15) is 0 Å². The summed E-state index contributed by atoms with van der Waals surface area (Å²) < 4.78 is 5.26. The van der Waals surface area contributed by atoms with E-state index >= 15 is 0 Å². The van der Waals surface area contributed by atoms with Crippen LogP contribution in [0.15, 0.2) is 0 Å². The summed E-state index contributed by atoms with van der Waals surface area (Å²) in [5.74, 6) is -0.0259. The molecule has 0 bridgehead atoms. The number of hydrogen-bond donors (Lipinski definition) is 0. The van der Waals surface area contributed by atoms with E-state index < -0.39 is 0 Å². The molecule has 0 saturated heterocycles. The van der Waals surface area contributed by atoms with E-state index in [-0.39, 0.29) is 36.0 Å². The quantitative estimate of drug-likeness (QED) is 0.390. The van der Waals surface area contributed by atoms with E-state index in [1.54, 1.807) is 0 Å². The minimum absolute atomic E-state index is 0. The Kier molecular flexibility index (Phi) is 14.5. The predicted molar refractivity (Wildman–Crippen MR) is 67.8 cm³/mol. The van der Waals surface area contributed by atoms with Gasteiger partial charge in [0, 0.05) is 6.42 Å². The van der Waals surface area contributed by atoms with Crippen LogP contribution in [0.4, 0.5) is 0 Å². The van der Waals surface area contributed by atoms with Gasteiger partial charge in [-0.3, -0.25) is 4.79 Å². The fourth-order valence-corrected chi connectivity index (χ4v) is 1.35. The van der Waals surface area contributed by atoms with Gasteiger partial charge < -0.3 is 4.74 Å². The molecule has 0 aliphatic heterocycles. The first-order chi connectivity index (χ1) is 6.70. The minimum atomic E-state index is -0.0259. The molecule has 0 amide bonds. The van der Waals surface area contributed by atoms with Gasteiger partial charge in [0.25, 0.3) is 0 Å². The summed E-state index contributed by atoms with van der Waals surface area (Å²) in [6.07, 6.45) is 7.23. The van der Waals surface area contributed by atoms with Gasteiger partial charge in [-0.25, -0.2) is 0 Å². The van der Waals surface area contributed by atoms with E-state index in [1.807, 2.05) is 6.92 Å². The van der Waals surface area contributed by atoms with Crippen LogP contribution in [0.2, 0.25) is 0 Å². The molecule has 1 atom stereocenters. The Morgan fingerprint density at radius 3 is 2.27 bits per heavy atom. The predicted octanol–water partition coefficient (Wildman–Crippen LogP) is 2.77. The van der Waals surface area contributed by atoms with Crippen molar-refractivity contribution in [1.82, 2.24) is 0 Å². The van der Waals surface area contributed by atoms with Crippen molar-refractivity contribution >= 4 is 29.9 Å². The Labute approximate surface area is 111 Å². The van der Waals surface area contributed by atoms with E-state index in [9.17, 15) is 4.79 Å². The number of ether oxygens (including phenoxy) is 1. The van der Waals surface area contributed by atoms with Crippen LogP contribution >= 0.6 is 0 Å². The average Bonchev–Trinajstić information content (AvgIpc) is 2.15. The third kappa shape index (κ3) is 12.2. The van der Waals surface area contributed by atoms with Crippen molar-refractivity contribution in [2.45, 2.75) is 71.8 Å². The molecule has 0 rings (SSSR count). The summed E-state index contributed by atoms with van der Waals surface area (Å²) in [6, 6.07) is 0. The van der Waals surface area contributed by atoms with Crippen LogP contribution in [0.3, 0.4) is 0 Å². The van der Waals surface area contributed by atoms with Crippen molar-refractivity contribution < 1.29 is 9.53 Å². The second-order valence-electron chi connectivity index (χ2n) is 3.90. The Morgan fingerprint density at radius 1 is 1.13 bits per heavy atom. The van der Waals surface area contributed by atoms with Gasteiger partial charge in [0.05, 0.1) is 6.10 Å². The molecule has 0 spiro atoms. The van der Waals surface area contributed by atoms with Crippen LogP contribution in [0.25, 0.3) is 0 Å². The molecule has 0 aromatic heterocycles. The van der Waals surface area contributed by atoms with Crippen LogP contribution in [0, 0.1) is 0 Å². The molecule has 0 fully saturated rings. The summed E-state index contributed by atoms with van der Waals surface area (Å²) in [4.78, 5) is 11.3. The first-order valence-electron chi connectivity index (χ1n) is 5.90. The maximum absolute atomic E-state index is 11.3. The molecule has 0 N–H and O–H groups in total. The van der Waals surface area contributed by atoms with Crippen LogP contribution in [-0.2, 0) is 9.53 Å². The first kappa shape index (κ1) is 17.7. The van der Waals surface area contributed by atoms with Crippen molar-refractivity contribution in [3.8, 4) is 0 Å². The van der Waals surface area contributed by atoms with Gasteiger partial charge in [0.2, 0.25) is 0 Å². The number of rotatable bonds is 8. The molecule has 2 radical (unpaired) electrons. The number of unbranched alkanes of at least 4 members (excludes halogenated alkanes) is 3. The summed E-state index contributed by atoms with van der Waals surface area (Å²) in [5, 5.41) is 0. The normalized spacial score (nSPS) is 11.7. The third-order valence-corrected chi connectivity index (χ3v) is 2.28. The standard InChI is InChI=1S/C12H24O2.Sn.2H/c1-4-6-8-10-12(13)14-11(3)9-7-5-2;;;/h11H,4-10H2,1-3H3;;;. The van der Waals surface area contributed by atoms with E-state index in [4.69, 9.17) is 4.74 Å². The van der Waals surface area contributed by atoms with Gasteiger partial charge in [0.1, 0.15) is 0 Å². The molecule has 2 nitrogen and oxygen atoms in total. The van der Waals surface area contributed by atoms with Crippen molar-refractivity contribution in [1.29, 1.82) is 0 Å². The first-order valence-corrected chi connectivity index (χ1v) is 5.90. The Hall–Kier alpha value is 0.269. The van der Waals surface area contributed by atoms with Crippen LogP contribution < -0.4 is 0 Å². The third-order valence-electron chi connectivity index (χ3n) is 2.28. The van der Waals surface area contributed by atoms with E-state index in [0.29, 0.717) is 6.42 Å². The van der Waals surface area contributed by atoms with Crippen LogP contribution in [0.1, 0.15) is 65.7 Å². The summed E-state index contributed by atoms with van der Waals surface area (Å²) >= 11 is 0. The fraction of sp³-hybridized carbons (Fsp3) is 0.917. The van der Waals surface area contributed by atoms with E-state index in [1.165, 1.54) is 0 Å². The number of carbonyl (C=O) groups excluding carboxylic acids is 1. The van der Waals surface area contributed by atoms with Gasteiger partial charge in [-0.15, -0.1) is 0 Å². The summed E-state index contributed by atoms with van der Waals surface area (Å²) in [5.41, 5.74) is 0. The molecule has 0 aliphatic rings. The van der Waals surface area contributed by atoms with Gasteiger partial charge in [-0.1, -0.05) is 39.5 Å². The van der Waals surface area contributed by atoms with Gasteiger partial charge in [0.15, 0.2) is 0 Å². The molecule has 0 aromatic rings. The summed E-state index contributed by atoms with van der Waals surface area (Å²) in [6.45, 7) is 6.26. The van der Waals surface area contributed by atoms with E-state index in [2.05, 4.69) is 13.8 Å². The SMILES string of the molecule is CCCCCC(=O)OC(C)CCCC.[SnH2]. The second kappa shape index (κ2) is 12.3. The fourth-order valence-electron chi connectivity index (χ4n) is 1.35. The Balaban J connectivity index is 0. The molecule has 0 heterocycles. The van der Waals surface area contributed by atoms with Crippen molar-refractivity contribution in [3.63, 3.8) is 0 Å². The molecule has 3 heteroatoms. The van der Waals surface area contributed by atoms with Crippen molar-refractivity contribution in [2.75, 3.05) is 0 Å². The maximum atomic E-state index is 11.3. The zero-order valence-corrected chi connectivity index (χ0v) is 14.6. The molecule has 15 heavy (non-hydrogen) atoms. The number of hydrogen-bond acceptors (Lipinski definition) is 2. The molecule has 1 unspecified atom stereocenters. The molecular weight excluding hydrogens is 295 g/mol. The van der Waals surface area contributed by atoms with Crippen LogP contribution in [-0.4, -0.2) is 36.0 Å². The molecule has 0 aromatic carbocycles. The molecule has 0 aliphatic carbocycles. The van der Waals surface area contributed by atoms with E-state index in [0.717, 1.165) is 38.5 Å². The summed E-state index contributed by atoms with van der Waals surface area (Å²) in [7, 11) is 0. The molecule has 0 saturated carbocycles. The number of esters is 1. The van der Waals surface area contributed by atoms with Gasteiger partial charge in [-0.05, 0) is 19.8 Å². The van der Waals surface area contributed by atoms with Crippen molar-refractivity contribution in [2.24, 2.45) is 0 Å². The second-order valence-corrected chi connectivity index (χ2v) is 3.90.